The highest BCUT2D eigenvalue weighted by molar-refractivity contribution is 5.81. The van der Waals surface area contributed by atoms with Crippen molar-refractivity contribution in [2.75, 3.05) is 39.3 Å². The average Bonchev–Trinajstić information content (AvgIpc) is 2.50. The van der Waals surface area contributed by atoms with Gasteiger partial charge < -0.3 is 10.9 Å². The van der Waals surface area contributed by atoms with Crippen LogP contribution in [0, 0.1) is 0 Å². The van der Waals surface area contributed by atoms with E-state index in [4.69, 9.17) is 10.9 Å². The minimum Gasteiger partial charge on any atom is -0.409 e. The molecular formula is C14H20F2N4O. The number of nitrogens with two attached hydrogens (primary N) is 1. The van der Waals surface area contributed by atoms with Gasteiger partial charge in [-0.2, -0.15) is 8.78 Å². The third kappa shape index (κ3) is 4.37. The second kappa shape index (κ2) is 6.82. The molecule has 0 unspecified atom stereocenters. The van der Waals surface area contributed by atoms with Gasteiger partial charge in [-0.3, -0.25) is 9.80 Å². The quantitative estimate of drug-likeness (QED) is 0.370. The Morgan fingerprint density at radius 3 is 2.29 bits per heavy atom. The molecule has 0 amide bonds. The Balaban J connectivity index is 1.86. The molecule has 1 fully saturated rings. The summed E-state index contributed by atoms with van der Waals surface area (Å²) in [4.78, 5) is 3.72. The average molecular weight is 298 g/mol. The number of rotatable bonds is 5. The van der Waals surface area contributed by atoms with Crippen LogP contribution in [0.2, 0.25) is 0 Å². The van der Waals surface area contributed by atoms with Crippen molar-refractivity contribution in [3.05, 3.63) is 35.9 Å². The van der Waals surface area contributed by atoms with E-state index in [0.717, 1.165) is 0 Å². The molecule has 1 heterocycles. The molecule has 0 saturated carbocycles. The van der Waals surface area contributed by atoms with Gasteiger partial charge in [0.25, 0.3) is 5.92 Å². The summed E-state index contributed by atoms with van der Waals surface area (Å²) in [5.74, 6) is -2.72. The van der Waals surface area contributed by atoms with Gasteiger partial charge in [0.05, 0.1) is 13.1 Å². The topological polar surface area (TPSA) is 65.1 Å². The maximum Gasteiger partial charge on any atom is 0.285 e. The molecule has 1 aliphatic heterocycles. The summed E-state index contributed by atoms with van der Waals surface area (Å²) < 4.78 is 28.3. The first-order chi connectivity index (χ1) is 10.0. The lowest BCUT2D eigenvalue weighted by atomic mass is 10.1. The molecule has 5 nitrogen and oxygen atoms in total. The number of hydrogen-bond acceptors (Lipinski definition) is 4. The minimum atomic E-state index is -2.85. The summed E-state index contributed by atoms with van der Waals surface area (Å²) in [6.45, 7) is 2.41. The SMILES string of the molecule is N/C(CN1CCN(CC(F)(F)c2ccccc2)CC1)=N/O. The Hall–Kier alpha value is -1.73. The van der Waals surface area contributed by atoms with E-state index >= 15 is 0 Å². The maximum absolute atomic E-state index is 14.2. The second-order valence-corrected chi connectivity index (χ2v) is 5.21. The Labute approximate surface area is 122 Å². The van der Waals surface area contributed by atoms with E-state index in [2.05, 4.69) is 5.16 Å². The summed E-state index contributed by atoms with van der Waals surface area (Å²) in [5, 5.41) is 11.4. The van der Waals surface area contributed by atoms with E-state index < -0.39 is 5.92 Å². The molecule has 0 spiro atoms. The third-order valence-corrected chi connectivity index (χ3v) is 3.60. The van der Waals surface area contributed by atoms with Crippen molar-refractivity contribution in [1.82, 2.24) is 9.80 Å². The van der Waals surface area contributed by atoms with Crippen LogP contribution >= 0.6 is 0 Å². The lowest BCUT2D eigenvalue weighted by Gasteiger charge is -2.36. The van der Waals surface area contributed by atoms with Crippen molar-refractivity contribution < 1.29 is 14.0 Å². The summed E-state index contributed by atoms with van der Waals surface area (Å²) in [6.07, 6.45) is 0. The number of piperazine rings is 1. The van der Waals surface area contributed by atoms with Crippen molar-refractivity contribution in [2.24, 2.45) is 10.9 Å². The Bertz CT molecular complexity index is 473. The molecular weight excluding hydrogens is 278 g/mol. The molecule has 21 heavy (non-hydrogen) atoms. The van der Waals surface area contributed by atoms with E-state index in [-0.39, 0.29) is 17.9 Å². The first-order valence-electron chi connectivity index (χ1n) is 6.86. The zero-order valence-corrected chi connectivity index (χ0v) is 11.8. The van der Waals surface area contributed by atoms with Gasteiger partial charge in [-0.25, -0.2) is 0 Å². The summed E-state index contributed by atoms with van der Waals surface area (Å²) in [6, 6.07) is 7.88. The Kier molecular flexibility index (Phi) is 5.08. The normalized spacial score (nSPS) is 18.9. The fourth-order valence-electron chi connectivity index (χ4n) is 2.42. The first kappa shape index (κ1) is 15.7. The number of benzene rings is 1. The van der Waals surface area contributed by atoms with E-state index in [1.54, 1.807) is 23.1 Å². The zero-order chi connectivity index (χ0) is 15.3. The van der Waals surface area contributed by atoms with Gasteiger partial charge in [-0.15, -0.1) is 0 Å². The van der Waals surface area contributed by atoms with Crippen molar-refractivity contribution in [3.63, 3.8) is 0 Å². The number of amidine groups is 1. The Morgan fingerprint density at radius 2 is 1.71 bits per heavy atom. The van der Waals surface area contributed by atoms with Crippen molar-refractivity contribution in [1.29, 1.82) is 0 Å². The lowest BCUT2D eigenvalue weighted by molar-refractivity contribution is -0.0464. The molecule has 0 atom stereocenters. The van der Waals surface area contributed by atoms with Gasteiger partial charge in [-0.1, -0.05) is 35.5 Å². The van der Waals surface area contributed by atoms with Crippen LogP contribution in [0.1, 0.15) is 5.56 Å². The van der Waals surface area contributed by atoms with Crippen LogP contribution in [0.4, 0.5) is 8.78 Å². The molecule has 1 aromatic rings. The number of oxime groups is 1. The maximum atomic E-state index is 14.2. The molecule has 0 radical (unpaired) electrons. The summed E-state index contributed by atoms with van der Waals surface area (Å²) >= 11 is 0. The van der Waals surface area contributed by atoms with E-state index in [0.29, 0.717) is 32.7 Å². The summed E-state index contributed by atoms with van der Waals surface area (Å²) in [5.41, 5.74) is 5.49. The highest BCUT2D eigenvalue weighted by atomic mass is 19.3. The van der Waals surface area contributed by atoms with Crippen LogP contribution in [-0.2, 0) is 5.92 Å². The highest BCUT2D eigenvalue weighted by Crippen LogP contribution is 2.29. The van der Waals surface area contributed by atoms with E-state index in [1.807, 2.05) is 4.90 Å². The predicted molar refractivity (Wildman–Crippen MR) is 76.6 cm³/mol. The van der Waals surface area contributed by atoms with Crippen LogP contribution in [0.25, 0.3) is 0 Å². The molecule has 1 saturated heterocycles. The fourth-order valence-corrected chi connectivity index (χ4v) is 2.42. The number of alkyl halides is 2. The first-order valence-corrected chi connectivity index (χ1v) is 6.86. The third-order valence-electron chi connectivity index (χ3n) is 3.60. The van der Waals surface area contributed by atoms with Gasteiger partial charge in [0, 0.05) is 31.7 Å². The number of halogens is 2. The van der Waals surface area contributed by atoms with Gasteiger partial charge in [-0.05, 0) is 0 Å². The van der Waals surface area contributed by atoms with Crippen molar-refractivity contribution in [2.45, 2.75) is 5.92 Å². The Morgan fingerprint density at radius 1 is 1.14 bits per heavy atom. The molecule has 0 aromatic heterocycles. The van der Waals surface area contributed by atoms with Crippen molar-refractivity contribution in [3.8, 4) is 0 Å². The molecule has 116 valence electrons. The number of hydrogen-bond donors (Lipinski definition) is 2. The van der Waals surface area contributed by atoms with Crippen LogP contribution in [0.15, 0.2) is 35.5 Å². The van der Waals surface area contributed by atoms with Gasteiger partial charge >= 0.3 is 0 Å². The smallest absolute Gasteiger partial charge is 0.285 e. The van der Waals surface area contributed by atoms with E-state index in [1.165, 1.54) is 12.1 Å². The molecule has 0 bridgehead atoms. The fraction of sp³-hybridized carbons (Fsp3) is 0.500. The molecule has 1 aliphatic rings. The zero-order valence-electron chi connectivity index (χ0n) is 11.8. The van der Waals surface area contributed by atoms with Crippen LogP contribution < -0.4 is 5.73 Å². The molecule has 3 N–H and O–H groups in total. The van der Waals surface area contributed by atoms with Gasteiger partial charge in [0.1, 0.15) is 0 Å². The highest BCUT2D eigenvalue weighted by Gasteiger charge is 2.34. The molecule has 7 heteroatoms. The standard InChI is InChI=1S/C14H20F2N4O/c15-14(16,12-4-2-1-3-5-12)11-20-8-6-19(7-9-20)10-13(17)18-21/h1-5,21H,6-11H2,(H2,17,18). The second-order valence-electron chi connectivity index (χ2n) is 5.21. The lowest BCUT2D eigenvalue weighted by Crippen LogP contribution is -2.51. The predicted octanol–water partition coefficient (Wildman–Crippen LogP) is 1.14. The molecule has 0 aliphatic carbocycles. The van der Waals surface area contributed by atoms with Gasteiger partial charge in [0.2, 0.25) is 0 Å². The summed E-state index contributed by atoms with van der Waals surface area (Å²) in [7, 11) is 0. The minimum absolute atomic E-state index is 0.0455. The molecule has 2 rings (SSSR count). The van der Waals surface area contributed by atoms with Crippen LogP contribution in [-0.4, -0.2) is 60.1 Å². The largest absolute Gasteiger partial charge is 0.409 e. The van der Waals surface area contributed by atoms with E-state index in [9.17, 15) is 8.78 Å². The van der Waals surface area contributed by atoms with Crippen LogP contribution in [0.5, 0.6) is 0 Å². The number of nitrogens with zero attached hydrogens (tertiary/aromatic N) is 3. The van der Waals surface area contributed by atoms with Gasteiger partial charge in [0.15, 0.2) is 5.84 Å². The molecule has 1 aromatic carbocycles. The van der Waals surface area contributed by atoms with Crippen molar-refractivity contribution >= 4 is 5.84 Å². The monoisotopic (exact) mass is 298 g/mol. The van der Waals surface area contributed by atoms with Crippen LogP contribution in [0.3, 0.4) is 0 Å².